The number of thiocarbonyl (C=S) groups is 1. The molecule has 32 heavy (non-hydrogen) atoms. The van der Waals surface area contributed by atoms with Gasteiger partial charge in [-0.15, -0.1) is 6.58 Å². The fourth-order valence-electron chi connectivity index (χ4n) is 2.86. The number of ether oxygens (including phenoxy) is 1. The smallest absolute Gasteiger partial charge is 0.265 e. The molecule has 0 saturated carbocycles. The molecule has 0 aromatic heterocycles. The summed E-state index contributed by atoms with van der Waals surface area (Å²) in [6.45, 7) is 5.57. The van der Waals surface area contributed by atoms with Gasteiger partial charge in [-0.3, -0.25) is 24.6 Å². The summed E-state index contributed by atoms with van der Waals surface area (Å²) in [6.07, 6.45) is 2.99. The summed E-state index contributed by atoms with van der Waals surface area (Å²) in [4.78, 5) is 38.3. The Balaban J connectivity index is 1.68. The Labute approximate surface area is 199 Å². The van der Waals surface area contributed by atoms with Gasteiger partial charge in [0.15, 0.2) is 11.7 Å². The predicted octanol–water partition coefficient (Wildman–Crippen LogP) is 3.59. The number of halogens is 1. The molecule has 0 atom stereocenters. The number of nitrogens with one attached hydrogen (secondary N) is 2. The van der Waals surface area contributed by atoms with Gasteiger partial charge in [0.25, 0.3) is 17.7 Å². The minimum atomic E-state index is -0.565. The summed E-state index contributed by atoms with van der Waals surface area (Å²) in [7, 11) is 0. The van der Waals surface area contributed by atoms with Gasteiger partial charge >= 0.3 is 0 Å². The molecule has 1 fully saturated rings. The highest BCUT2D eigenvalue weighted by atomic mass is 79.9. The second-order valence-corrected chi connectivity index (χ2v) is 8.16. The van der Waals surface area contributed by atoms with Crippen LogP contribution in [-0.2, 0) is 14.4 Å². The normalized spacial score (nSPS) is 14.9. The van der Waals surface area contributed by atoms with Crippen LogP contribution in [0.4, 0.5) is 5.69 Å². The molecular formula is C23H20BrN3O4S. The summed E-state index contributed by atoms with van der Waals surface area (Å²) in [5.41, 5.74) is 2.34. The van der Waals surface area contributed by atoms with Crippen LogP contribution in [0.1, 0.15) is 11.1 Å². The third kappa shape index (κ3) is 5.68. The Kier molecular flexibility index (Phi) is 7.55. The number of benzene rings is 2. The molecule has 1 heterocycles. The van der Waals surface area contributed by atoms with Crippen LogP contribution in [0.3, 0.4) is 0 Å². The number of carbonyl (C=O) groups excluding carboxylic acids is 3. The first-order chi connectivity index (χ1) is 15.3. The Morgan fingerprint density at radius 2 is 1.97 bits per heavy atom. The van der Waals surface area contributed by atoms with Crippen molar-refractivity contribution in [2.24, 2.45) is 0 Å². The minimum absolute atomic E-state index is 0.0431. The second-order valence-electron chi connectivity index (χ2n) is 6.91. The molecule has 7 nitrogen and oxygen atoms in total. The molecule has 1 aliphatic heterocycles. The summed E-state index contributed by atoms with van der Waals surface area (Å²) >= 11 is 8.44. The van der Waals surface area contributed by atoms with Crippen molar-refractivity contribution in [2.75, 3.05) is 18.5 Å². The lowest BCUT2D eigenvalue weighted by atomic mass is 10.1. The molecule has 9 heteroatoms. The standard InChI is InChI=1S/C23H20BrN3O4S/c1-3-10-27-22(30)17(21(29)26-23(27)32)11-15-6-9-19(18(24)12-15)31-13-20(28)25-16-7-4-14(2)5-8-16/h3-9,11-12H,1,10,13H2,2H3,(H,25,28)(H,26,29,32)/b17-11+. The summed E-state index contributed by atoms with van der Waals surface area (Å²) in [5.74, 6) is -0.915. The van der Waals surface area contributed by atoms with Crippen molar-refractivity contribution in [3.63, 3.8) is 0 Å². The van der Waals surface area contributed by atoms with E-state index in [1.54, 1.807) is 18.2 Å². The largest absolute Gasteiger partial charge is 0.483 e. The first-order valence-corrected chi connectivity index (χ1v) is 10.8. The molecule has 0 aliphatic carbocycles. The summed E-state index contributed by atoms with van der Waals surface area (Å²) in [6, 6.07) is 12.5. The molecule has 2 aromatic carbocycles. The molecule has 3 rings (SSSR count). The van der Waals surface area contributed by atoms with Gasteiger partial charge in [0.05, 0.1) is 4.47 Å². The van der Waals surface area contributed by atoms with Crippen LogP contribution < -0.4 is 15.4 Å². The van der Waals surface area contributed by atoms with Crippen molar-refractivity contribution in [3.05, 3.63) is 76.3 Å². The van der Waals surface area contributed by atoms with Gasteiger partial charge in [-0.05, 0) is 71.0 Å². The molecule has 3 amide bonds. The first kappa shape index (κ1) is 23.4. The fourth-order valence-corrected chi connectivity index (χ4v) is 3.62. The molecule has 0 bridgehead atoms. The zero-order chi connectivity index (χ0) is 23.3. The molecule has 0 radical (unpaired) electrons. The second kappa shape index (κ2) is 10.3. The van der Waals surface area contributed by atoms with Crippen LogP contribution >= 0.6 is 28.1 Å². The van der Waals surface area contributed by atoms with Crippen molar-refractivity contribution in [2.45, 2.75) is 6.92 Å². The summed E-state index contributed by atoms with van der Waals surface area (Å²) in [5, 5.41) is 5.30. The van der Waals surface area contributed by atoms with E-state index in [0.717, 1.165) is 5.56 Å². The van der Waals surface area contributed by atoms with Crippen LogP contribution in [-0.4, -0.2) is 40.9 Å². The highest BCUT2D eigenvalue weighted by Crippen LogP contribution is 2.27. The third-order valence-corrected chi connectivity index (χ3v) is 5.40. The van der Waals surface area contributed by atoms with E-state index in [1.807, 2.05) is 31.2 Å². The number of carbonyl (C=O) groups is 3. The van der Waals surface area contributed by atoms with E-state index in [4.69, 9.17) is 17.0 Å². The quantitative estimate of drug-likeness (QED) is 0.255. The molecule has 1 aliphatic rings. The molecule has 2 aromatic rings. The van der Waals surface area contributed by atoms with Crippen LogP contribution in [0.25, 0.3) is 6.08 Å². The Morgan fingerprint density at radius 1 is 1.25 bits per heavy atom. The lowest BCUT2D eigenvalue weighted by Gasteiger charge is -2.27. The molecule has 0 unspecified atom stereocenters. The van der Waals surface area contributed by atoms with Crippen LogP contribution in [0, 0.1) is 6.92 Å². The maximum atomic E-state index is 12.6. The molecule has 1 saturated heterocycles. The lowest BCUT2D eigenvalue weighted by Crippen LogP contribution is -2.53. The van der Waals surface area contributed by atoms with E-state index >= 15 is 0 Å². The van der Waals surface area contributed by atoms with Gasteiger partial charge in [0.1, 0.15) is 11.3 Å². The number of nitrogens with zero attached hydrogens (tertiary/aromatic N) is 1. The number of rotatable bonds is 7. The fraction of sp³-hybridized carbons (Fsp3) is 0.130. The van der Waals surface area contributed by atoms with Crippen molar-refractivity contribution in [1.29, 1.82) is 0 Å². The Morgan fingerprint density at radius 3 is 2.62 bits per heavy atom. The van der Waals surface area contributed by atoms with Crippen LogP contribution in [0.15, 0.2) is 65.2 Å². The lowest BCUT2D eigenvalue weighted by molar-refractivity contribution is -0.128. The van der Waals surface area contributed by atoms with E-state index in [0.29, 0.717) is 21.5 Å². The van der Waals surface area contributed by atoms with E-state index in [-0.39, 0.29) is 29.7 Å². The number of aryl methyl sites for hydroxylation is 1. The van der Waals surface area contributed by atoms with E-state index in [2.05, 4.69) is 33.1 Å². The SMILES string of the molecule is C=CCN1C(=O)/C(=C/c2ccc(OCC(=O)Nc3ccc(C)cc3)c(Br)c2)C(=O)NC1=S. The molecule has 164 valence electrons. The van der Waals surface area contributed by atoms with Crippen molar-refractivity contribution in [1.82, 2.24) is 10.2 Å². The van der Waals surface area contributed by atoms with Crippen molar-refractivity contribution < 1.29 is 19.1 Å². The van der Waals surface area contributed by atoms with Crippen molar-refractivity contribution >= 4 is 62.7 Å². The number of hydrogen-bond donors (Lipinski definition) is 2. The average molecular weight is 514 g/mol. The minimum Gasteiger partial charge on any atom is -0.483 e. The number of anilines is 1. The first-order valence-electron chi connectivity index (χ1n) is 9.57. The van der Waals surface area contributed by atoms with E-state index in [1.165, 1.54) is 17.1 Å². The zero-order valence-corrected chi connectivity index (χ0v) is 19.6. The number of hydrogen-bond acceptors (Lipinski definition) is 5. The highest BCUT2D eigenvalue weighted by Gasteiger charge is 2.32. The predicted molar refractivity (Wildman–Crippen MR) is 130 cm³/mol. The average Bonchev–Trinajstić information content (AvgIpc) is 2.75. The summed E-state index contributed by atoms with van der Waals surface area (Å²) < 4.78 is 6.15. The van der Waals surface area contributed by atoms with Gasteiger partial charge in [-0.25, -0.2) is 0 Å². The van der Waals surface area contributed by atoms with E-state index in [9.17, 15) is 14.4 Å². The molecular weight excluding hydrogens is 494 g/mol. The van der Waals surface area contributed by atoms with Gasteiger partial charge in [-0.2, -0.15) is 0 Å². The maximum Gasteiger partial charge on any atom is 0.265 e. The van der Waals surface area contributed by atoms with Crippen LogP contribution in [0.5, 0.6) is 5.75 Å². The van der Waals surface area contributed by atoms with Crippen molar-refractivity contribution in [3.8, 4) is 5.75 Å². The molecule has 2 N–H and O–H groups in total. The Bertz CT molecular complexity index is 1130. The van der Waals surface area contributed by atoms with E-state index < -0.39 is 11.8 Å². The topological polar surface area (TPSA) is 87.7 Å². The highest BCUT2D eigenvalue weighted by molar-refractivity contribution is 9.10. The monoisotopic (exact) mass is 513 g/mol. The number of amides is 3. The maximum absolute atomic E-state index is 12.6. The van der Waals surface area contributed by atoms with Gasteiger partial charge in [0.2, 0.25) is 0 Å². The zero-order valence-electron chi connectivity index (χ0n) is 17.2. The molecule has 0 spiro atoms. The van der Waals surface area contributed by atoms with Crippen LogP contribution in [0.2, 0.25) is 0 Å². The van der Waals surface area contributed by atoms with Gasteiger partial charge in [0, 0.05) is 12.2 Å². The third-order valence-electron chi connectivity index (χ3n) is 4.46. The Hall–Kier alpha value is -3.30. The van der Waals surface area contributed by atoms with Gasteiger partial charge < -0.3 is 10.1 Å². The van der Waals surface area contributed by atoms with Gasteiger partial charge in [-0.1, -0.05) is 29.8 Å².